The fourth-order valence-electron chi connectivity index (χ4n) is 3.93. The smallest absolute Gasteiger partial charge is 0.323 e. The van der Waals surface area contributed by atoms with Gasteiger partial charge in [-0.15, -0.1) is 0 Å². The van der Waals surface area contributed by atoms with Crippen molar-refractivity contribution in [3.05, 3.63) is 59.5 Å². The maximum Gasteiger partial charge on any atom is 0.323 e. The maximum atomic E-state index is 13.1. The summed E-state index contributed by atoms with van der Waals surface area (Å²) in [6.45, 7) is 3.63. The zero-order chi connectivity index (χ0) is 23.2. The first-order chi connectivity index (χ1) is 16.0. The van der Waals surface area contributed by atoms with E-state index in [1.807, 2.05) is 12.1 Å². The summed E-state index contributed by atoms with van der Waals surface area (Å²) in [7, 11) is 1.81. The van der Waals surface area contributed by atoms with E-state index >= 15 is 0 Å². The molecular weight excluding hydrogens is 445 g/mol. The summed E-state index contributed by atoms with van der Waals surface area (Å²) in [5, 5.41) is 10.2. The number of piperidine rings is 1. The molecule has 2 aromatic carbocycles. The summed E-state index contributed by atoms with van der Waals surface area (Å²) >= 11 is 6.41. The number of nitrogens with zero attached hydrogens (tertiary/aromatic N) is 3. The van der Waals surface area contributed by atoms with Gasteiger partial charge in [0.15, 0.2) is 0 Å². The lowest BCUT2D eigenvalue weighted by molar-refractivity contribution is 0.183. The van der Waals surface area contributed by atoms with Crippen LogP contribution in [0.25, 0.3) is 11.3 Å². The van der Waals surface area contributed by atoms with Crippen LogP contribution >= 0.6 is 11.6 Å². The highest BCUT2D eigenvalue weighted by atomic mass is 35.5. The number of urea groups is 1. The fourth-order valence-corrected chi connectivity index (χ4v) is 4.19. The highest BCUT2D eigenvalue weighted by Crippen LogP contribution is 2.36. The van der Waals surface area contributed by atoms with Gasteiger partial charge in [-0.05, 0) is 68.4 Å². The number of halogens is 2. The van der Waals surface area contributed by atoms with Crippen LogP contribution in [0, 0.1) is 5.82 Å². The minimum atomic E-state index is -0.442. The largest absolute Gasteiger partial charge is 0.492 e. The van der Waals surface area contributed by atoms with Crippen LogP contribution in [0.2, 0.25) is 5.02 Å². The van der Waals surface area contributed by atoms with E-state index < -0.39 is 6.03 Å². The molecular formula is C24H27ClFN5O2. The van der Waals surface area contributed by atoms with Crippen LogP contribution in [0.1, 0.15) is 19.3 Å². The zero-order valence-electron chi connectivity index (χ0n) is 18.5. The third kappa shape index (κ3) is 6.03. The molecule has 0 spiro atoms. The van der Waals surface area contributed by atoms with E-state index in [0.29, 0.717) is 34.4 Å². The van der Waals surface area contributed by atoms with Gasteiger partial charge in [0.2, 0.25) is 0 Å². The molecule has 1 saturated heterocycles. The van der Waals surface area contributed by atoms with Crippen molar-refractivity contribution in [2.45, 2.75) is 19.3 Å². The van der Waals surface area contributed by atoms with Crippen LogP contribution in [0.15, 0.2) is 48.7 Å². The summed E-state index contributed by atoms with van der Waals surface area (Å²) in [5.41, 5.74) is 2.48. The van der Waals surface area contributed by atoms with E-state index in [2.05, 4.69) is 20.6 Å². The van der Waals surface area contributed by atoms with Crippen LogP contribution in [0.5, 0.6) is 5.75 Å². The van der Waals surface area contributed by atoms with Crippen molar-refractivity contribution in [3.8, 4) is 17.0 Å². The minimum Gasteiger partial charge on any atom is -0.492 e. The Balaban J connectivity index is 1.49. The number of ether oxygens (including phenoxy) is 1. The van der Waals surface area contributed by atoms with Crippen molar-refractivity contribution in [2.24, 2.45) is 7.05 Å². The van der Waals surface area contributed by atoms with Gasteiger partial charge in [-0.25, -0.2) is 9.18 Å². The van der Waals surface area contributed by atoms with E-state index in [1.54, 1.807) is 24.0 Å². The highest BCUT2D eigenvalue weighted by molar-refractivity contribution is 6.33. The number of anilines is 2. The number of amides is 2. The van der Waals surface area contributed by atoms with Gasteiger partial charge in [0.1, 0.15) is 18.2 Å². The van der Waals surface area contributed by atoms with Crippen LogP contribution in [-0.4, -0.2) is 47.0 Å². The average Bonchev–Trinajstić information content (AvgIpc) is 3.14. The van der Waals surface area contributed by atoms with E-state index in [4.69, 9.17) is 16.3 Å². The number of nitrogens with one attached hydrogen (secondary N) is 2. The number of hydrogen-bond donors (Lipinski definition) is 2. The predicted octanol–water partition coefficient (Wildman–Crippen LogP) is 5.39. The first kappa shape index (κ1) is 23.1. The van der Waals surface area contributed by atoms with Crippen molar-refractivity contribution in [3.63, 3.8) is 0 Å². The molecule has 9 heteroatoms. The quantitative estimate of drug-likeness (QED) is 0.484. The number of carbonyl (C=O) groups is 1. The summed E-state index contributed by atoms with van der Waals surface area (Å²) in [4.78, 5) is 14.8. The topological polar surface area (TPSA) is 71.4 Å². The molecule has 7 nitrogen and oxygen atoms in total. The Morgan fingerprint density at radius 1 is 1.09 bits per heavy atom. The Morgan fingerprint density at radius 2 is 1.79 bits per heavy atom. The second-order valence-electron chi connectivity index (χ2n) is 8.01. The number of aryl methyl sites for hydroxylation is 1. The van der Waals surface area contributed by atoms with Gasteiger partial charge in [0.25, 0.3) is 0 Å². The Hall–Kier alpha value is -3.10. The van der Waals surface area contributed by atoms with E-state index in [0.717, 1.165) is 25.2 Å². The first-order valence-electron chi connectivity index (χ1n) is 11.0. The third-order valence-electron chi connectivity index (χ3n) is 5.60. The fraction of sp³-hybridized carbons (Fsp3) is 0.333. The Morgan fingerprint density at radius 3 is 2.48 bits per heavy atom. The monoisotopic (exact) mass is 471 g/mol. The minimum absolute atomic E-state index is 0.366. The molecule has 1 aliphatic heterocycles. The van der Waals surface area contributed by atoms with Crippen molar-refractivity contribution in [1.82, 2.24) is 14.7 Å². The van der Waals surface area contributed by atoms with Crippen LogP contribution in [0.3, 0.4) is 0 Å². The lowest BCUT2D eigenvalue weighted by atomic mass is 10.1. The molecule has 3 aromatic rings. The van der Waals surface area contributed by atoms with Gasteiger partial charge in [0, 0.05) is 30.5 Å². The third-order valence-corrected chi connectivity index (χ3v) is 5.88. The second kappa shape index (κ2) is 10.7. The molecule has 0 radical (unpaired) electrons. The molecule has 1 aromatic heterocycles. The van der Waals surface area contributed by atoms with E-state index in [1.165, 1.54) is 43.5 Å². The summed E-state index contributed by atoms with van der Waals surface area (Å²) in [6.07, 6.45) is 5.34. The zero-order valence-corrected chi connectivity index (χ0v) is 19.2. The number of benzene rings is 2. The lowest BCUT2D eigenvalue weighted by Crippen LogP contribution is -2.33. The van der Waals surface area contributed by atoms with Crippen LogP contribution < -0.4 is 15.4 Å². The molecule has 0 saturated carbocycles. The maximum absolute atomic E-state index is 13.1. The van der Waals surface area contributed by atoms with Crippen molar-refractivity contribution < 1.29 is 13.9 Å². The number of carbonyl (C=O) groups excluding carboxylic acids is 1. The second-order valence-corrected chi connectivity index (χ2v) is 8.42. The molecule has 4 rings (SSSR count). The van der Waals surface area contributed by atoms with Gasteiger partial charge in [-0.1, -0.05) is 18.0 Å². The lowest BCUT2D eigenvalue weighted by Gasteiger charge is -2.26. The van der Waals surface area contributed by atoms with Gasteiger partial charge in [-0.3, -0.25) is 9.58 Å². The molecule has 2 N–H and O–H groups in total. The molecule has 33 heavy (non-hydrogen) atoms. The number of likely N-dealkylation sites (tertiary alicyclic amines) is 1. The number of hydrogen-bond acceptors (Lipinski definition) is 4. The normalized spacial score (nSPS) is 14.2. The van der Waals surface area contributed by atoms with E-state index in [-0.39, 0.29) is 5.82 Å². The van der Waals surface area contributed by atoms with Crippen molar-refractivity contribution >= 4 is 29.0 Å². The molecule has 0 bridgehead atoms. The molecule has 2 heterocycles. The summed E-state index contributed by atoms with van der Waals surface area (Å²) in [6, 6.07) is 10.5. The molecule has 1 fully saturated rings. The van der Waals surface area contributed by atoms with Gasteiger partial charge >= 0.3 is 6.03 Å². The number of rotatable bonds is 7. The summed E-state index contributed by atoms with van der Waals surface area (Å²) < 4.78 is 20.9. The Bertz CT molecular complexity index is 1080. The molecule has 174 valence electrons. The standard InChI is InChI=1S/C24H27ClFN5O2/c1-30-23(21(25)16-27-30)20-15-19(29-24(32)28-18-7-5-17(26)6-8-18)9-10-22(20)33-14-13-31-11-3-2-4-12-31/h5-10,15-16H,2-4,11-14H2,1H3,(H2,28,29,32). The molecule has 1 aliphatic rings. The van der Waals surface area contributed by atoms with Gasteiger partial charge < -0.3 is 15.4 Å². The van der Waals surface area contributed by atoms with E-state index in [9.17, 15) is 9.18 Å². The van der Waals surface area contributed by atoms with Crippen molar-refractivity contribution in [2.75, 3.05) is 36.9 Å². The average molecular weight is 472 g/mol. The molecule has 2 amide bonds. The Kier molecular flexibility index (Phi) is 7.47. The Labute approximate surface area is 197 Å². The highest BCUT2D eigenvalue weighted by Gasteiger charge is 2.17. The predicted molar refractivity (Wildman–Crippen MR) is 128 cm³/mol. The molecule has 0 aliphatic carbocycles. The SMILES string of the molecule is Cn1ncc(Cl)c1-c1cc(NC(=O)Nc2ccc(F)cc2)ccc1OCCN1CCCCC1. The molecule has 0 atom stereocenters. The van der Waals surface area contributed by atoms with Crippen LogP contribution in [0.4, 0.5) is 20.6 Å². The summed E-state index contributed by atoms with van der Waals surface area (Å²) in [5.74, 6) is 0.302. The van der Waals surface area contributed by atoms with Gasteiger partial charge in [0.05, 0.1) is 16.9 Å². The van der Waals surface area contributed by atoms with Crippen LogP contribution in [-0.2, 0) is 7.05 Å². The van der Waals surface area contributed by atoms with Crippen molar-refractivity contribution in [1.29, 1.82) is 0 Å². The van der Waals surface area contributed by atoms with Gasteiger partial charge in [-0.2, -0.15) is 5.10 Å². The molecule has 0 unspecified atom stereocenters. The number of aromatic nitrogens is 2. The first-order valence-corrected chi connectivity index (χ1v) is 11.4.